The minimum absolute atomic E-state index is 0.159. The van der Waals surface area contributed by atoms with E-state index in [9.17, 15) is 14.4 Å². The smallest absolute Gasteiger partial charge is 0.345 e. The van der Waals surface area contributed by atoms with E-state index in [0.29, 0.717) is 24.3 Å². The lowest BCUT2D eigenvalue weighted by molar-refractivity contribution is -0.148. The third-order valence-corrected chi connectivity index (χ3v) is 4.50. The molecule has 1 unspecified atom stereocenters. The van der Waals surface area contributed by atoms with Gasteiger partial charge < -0.3 is 10.4 Å². The standard InChI is InChI=1S/C13H16N2O4S/c1-7-8(5-10(20-7)13(18)19)6-14-9-3-4-11(16)15(2)12(9)17/h5,9,14H,3-4,6H2,1-2H3,(H,18,19). The number of hydrogen-bond acceptors (Lipinski definition) is 5. The number of carbonyl (C=O) groups excluding carboxylic acids is 2. The molecule has 0 radical (unpaired) electrons. The van der Waals surface area contributed by atoms with Crippen molar-refractivity contribution in [2.24, 2.45) is 0 Å². The van der Waals surface area contributed by atoms with Crippen LogP contribution in [-0.2, 0) is 16.1 Å². The van der Waals surface area contributed by atoms with Gasteiger partial charge in [-0.15, -0.1) is 11.3 Å². The van der Waals surface area contributed by atoms with Crippen LogP contribution in [-0.4, -0.2) is 40.9 Å². The molecule has 0 aromatic carbocycles. The topological polar surface area (TPSA) is 86.7 Å². The van der Waals surface area contributed by atoms with E-state index in [-0.39, 0.29) is 17.9 Å². The second-order valence-corrected chi connectivity index (χ2v) is 6.02. The van der Waals surface area contributed by atoms with Crippen LogP contribution in [0.5, 0.6) is 0 Å². The molecule has 0 saturated carbocycles. The summed E-state index contributed by atoms with van der Waals surface area (Å²) < 4.78 is 0. The molecule has 0 aliphatic carbocycles. The van der Waals surface area contributed by atoms with Crippen molar-refractivity contribution in [2.75, 3.05) is 7.05 Å². The van der Waals surface area contributed by atoms with Crippen LogP contribution in [0.25, 0.3) is 0 Å². The van der Waals surface area contributed by atoms with E-state index in [4.69, 9.17) is 5.11 Å². The third-order valence-electron chi connectivity index (χ3n) is 3.42. The summed E-state index contributed by atoms with van der Waals surface area (Å²) in [6, 6.07) is 1.24. The molecule has 1 aliphatic heterocycles. The van der Waals surface area contributed by atoms with Crippen LogP contribution < -0.4 is 5.32 Å². The zero-order valence-electron chi connectivity index (χ0n) is 11.3. The summed E-state index contributed by atoms with van der Waals surface area (Å²) in [4.78, 5) is 36.5. The van der Waals surface area contributed by atoms with Gasteiger partial charge in [-0.2, -0.15) is 0 Å². The van der Waals surface area contributed by atoms with Gasteiger partial charge in [-0.05, 0) is 25.0 Å². The average Bonchev–Trinajstić information content (AvgIpc) is 2.77. The zero-order valence-corrected chi connectivity index (χ0v) is 12.1. The summed E-state index contributed by atoms with van der Waals surface area (Å²) in [5.41, 5.74) is 0.875. The first-order valence-corrected chi connectivity index (χ1v) is 7.08. The van der Waals surface area contributed by atoms with Crippen molar-refractivity contribution in [3.05, 3.63) is 21.4 Å². The highest BCUT2D eigenvalue weighted by atomic mass is 32.1. The molecule has 1 atom stereocenters. The SMILES string of the molecule is Cc1sc(C(=O)O)cc1CNC1CCC(=O)N(C)C1=O. The van der Waals surface area contributed by atoms with Gasteiger partial charge in [0, 0.05) is 24.9 Å². The number of carboxylic acids is 1. The predicted octanol–water partition coefficient (Wildman–Crippen LogP) is 0.992. The number of carbonyl (C=O) groups is 3. The van der Waals surface area contributed by atoms with Gasteiger partial charge in [-0.3, -0.25) is 14.5 Å². The number of imide groups is 1. The summed E-state index contributed by atoms with van der Waals surface area (Å²) >= 11 is 1.22. The lowest BCUT2D eigenvalue weighted by Gasteiger charge is -2.28. The number of aryl methyl sites for hydroxylation is 1. The number of piperidine rings is 1. The summed E-state index contributed by atoms with van der Waals surface area (Å²) in [5.74, 6) is -1.33. The molecule has 1 fully saturated rings. The first-order chi connectivity index (χ1) is 9.40. The van der Waals surface area contributed by atoms with Gasteiger partial charge in [0.1, 0.15) is 4.88 Å². The highest BCUT2D eigenvalue weighted by molar-refractivity contribution is 7.14. The summed E-state index contributed by atoms with van der Waals surface area (Å²) in [7, 11) is 1.48. The zero-order chi connectivity index (χ0) is 14.9. The molecule has 2 heterocycles. The number of hydrogen-bond donors (Lipinski definition) is 2. The Morgan fingerprint density at radius 3 is 2.85 bits per heavy atom. The third kappa shape index (κ3) is 2.88. The van der Waals surface area contributed by atoms with E-state index >= 15 is 0 Å². The summed E-state index contributed by atoms with van der Waals surface area (Å²) in [6.45, 7) is 2.28. The number of likely N-dealkylation sites (tertiary alicyclic amines) is 1. The maximum absolute atomic E-state index is 11.9. The van der Waals surface area contributed by atoms with Crippen LogP contribution in [0, 0.1) is 6.92 Å². The molecule has 0 bridgehead atoms. The molecule has 2 amide bonds. The predicted molar refractivity (Wildman–Crippen MR) is 73.7 cm³/mol. The fourth-order valence-corrected chi connectivity index (χ4v) is 3.02. The van der Waals surface area contributed by atoms with Gasteiger partial charge >= 0.3 is 5.97 Å². The van der Waals surface area contributed by atoms with E-state index in [1.807, 2.05) is 6.92 Å². The Labute approximate surface area is 120 Å². The number of aromatic carboxylic acids is 1. The largest absolute Gasteiger partial charge is 0.477 e. The van der Waals surface area contributed by atoms with Crippen molar-refractivity contribution in [3.8, 4) is 0 Å². The maximum Gasteiger partial charge on any atom is 0.345 e. The fraction of sp³-hybridized carbons (Fsp3) is 0.462. The molecule has 1 aromatic rings. The molecule has 20 heavy (non-hydrogen) atoms. The van der Waals surface area contributed by atoms with Gasteiger partial charge in [0.2, 0.25) is 11.8 Å². The van der Waals surface area contributed by atoms with Crippen LogP contribution in [0.15, 0.2) is 6.07 Å². The molecule has 1 aromatic heterocycles. The van der Waals surface area contributed by atoms with E-state index < -0.39 is 5.97 Å². The number of thiophene rings is 1. The Bertz CT molecular complexity index is 567. The fourth-order valence-electron chi connectivity index (χ4n) is 2.14. The second kappa shape index (κ2) is 5.72. The number of amides is 2. The molecule has 1 aliphatic rings. The Kier molecular flexibility index (Phi) is 4.20. The molecule has 1 saturated heterocycles. The summed E-state index contributed by atoms with van der Waals surface area (Å²) in [6.07, 6.45) is 0.833. The Hall–Kier alpha value is -1.73. The molecular weight excluding hydrogens is 280 g/mol. The molecular formula is C13H16N2O4S. The summed E-state index contributed by atoms with van der Waals surface area (Å²) in [5, 5.41) is 12.0. The number of likely N-dealkylation sites (N-methyl/N-ethyl adjacent to an activating group) is 1. The first kappa shape index (κ1) is 14.7. The normalized spacial score (nSPS) is 19.5. The van der Waals surface area contributed by atoms with Crippen LogP contribution >= 0.6 is 11.3 Å². The minimum Gasteiger partial charge on any atom is -0.477 e. The molecule has 0 spiro atoms. The van der Waals surface area contributed by atoms with Gasteiger partial charge in [0.25, 0.3) is 0 Å². The Morgan fingerprint density at radius 2 is 2.25 bits per heavy atom. The lowest BCUT2D eigenvalue weighted by atomic mass is 10.0. The van der Waals surface area contributed by atoms with Crippen LogP contribution in [0.1, 0.15) is 33.0 Å². The average molecular weight is 296 g/mol. The molecule has 6 nitrogen and oxygen atoms in total. The number of rotatable bonds is 4. The van der Waals surface area contributed by atoms with Gasteiger partial charge in [-0.25, -0.2) is 4.79 Å². The van der Waals surface area contributed by atoms with E-state index in [0.717, 1.165) is 15.3 Å². The van der Waals surface area contributed by atoms with Gasteiger partial charge in [-0.1, -0.05) is 0 Å². The molecule has 2 rings (SSSR count). The van der Waals surface area contributed by atoms with Gasteiger partial charge in [0.05, 0.1) is 6.04 Å². The van der Waals surface area contributed by atoms with Crippen LogP contribution in [0.3, 0.4) is 0 Å². The molecule has 2 N–H and O–H groups in total. The Balaban J connectivity index is 2.00. The van der Waals surface area contributed by atoms with E-state index in [2.05, 4.69) is 5.32 Å². The van der Waals surface area contributed by atoms with E-state index in [1.54, 1.807) is 6.07 Å². The van der Waals surface area contributed by atoms with Crippen molar-refractivity contribution >= 4 is 29.1 Å². The van der Waals surface area contributed by atoms with Gasteiger partial charge in [0.15, 0.2) is 0 Å². The van der Waals surface area contributed by atoms with Crippen molar-refractivity contribution in [3.63, 3.8) is 0 Å². The van der Waals surface area contributed by atoms with Crippen molar-refractivity contribution in [2.45, 2.75) is 32.4 Å². The van der Waals surface area contributed by atoms with Crippen LogP contribution in [0.2, 0.25) is 0 Å². The quantitative estimate of drug-likeness (QED) is 0.809. The minimum atomic E-state index is -0.941. The highest BCUT2D eigenvalue weighted by Gasteiger charge is 2.31. The van der Waals surface area contributed by atoms with Crippen molar-refractivity contribution < 1.29 is 19.5 Å². The molecule has 108 valence electrons. The maximum atomic E-state index is 11.9. The highest BCUT2D eigenvalue weighted by Crippen LogP contribution is 2.22. The number of carboxylic acid groups (broad SMARTS) is 1. The Morgan fingerprint density at radius 1 is 1.55 bits per heavy atom. The van der Waals surface area contributed by atoms with E-state index in [1.165, 1.54) is 18.4 Å². The van der Waals surface area contributed by atoms with Crippen molar-refractivity contribution in [1.29, 1.82) is 0 Å². The monoisotopic (exact) mass is 296 g/mol. The van der Waals surface area contributed by atoms with Crippen molar-refractivity contribution in [1.82, 2.24) is 10.2 Å². The number of nitrogens with one attached hydrogen (secondary N) is 1. The first-order valence-electron chi connectivity index (χ1n) is 6.26. The number of nitrogens with zero attached hydrogens (tertiary/aromatic N) is 1. The second-order valence-electron chi connectivity index (χ2n) is 4.76. The lowest BCUT2D eigenvalue weighted by Crippen LogP contribution is -2.51. The van der Waals surface area contributed by atoms with Crippen LogP contribution in [0.4, 0.5) is 0 Å². The molecule has 7 heteroatoms.